The van der Waals surface area contributed by atoms with E-state index in [-0.39, 0.29) is 0 Å². The summed E-state index contributed by atoms with van der Waals surface area (Å²) in [5.74, 6) is -0.424. The molecule has 0 radical (unpaired) electrons. The highest BCUT2D eigenvalue weighted by Gasteiger charge is 2.17. The Labute approximate surface area is 122 Å². The van der Waals surface area contributed by atoms with Crippen molar-refractivity contribution in [3.05, 3.63) is 66.1 Å². The van der Waals surface area contributed by atoms with Crippen molar-refractivity contribution in [2.24, 2.45) is 5.73 Å². The fourth-order valence-electron chi connectivity index (χ4n) is 2.53. The number of hydrogen-bond donors (Lipinski definition) is 2. The van der Waals surface area contributed by atoms with Crippen LogP contribution in [0.3, 0.4) is 0 Å². The third kappa shape index (κ3) is 2.31. The SMILES string of the molecule is Cc1c[nH]c(-c2ccncc2)c1-c1ccccc1C(N)=O. The van der Waals surface area contributed by atoms with E-state index < -0.39 is 5.91 Å². The van der Waals surface area contributed by atoms with Crippen molar-refractivity contribution in [2.45, 2.75) is 6.92 Å². The molecule has 21 heavy (non-hydrogen) atoms. The molecule has 0 unspecified atom stereocenters. The number of benzene rings is 1. The molecule has 0 aliphatic carbocycles. The minimum atomic E-state index is -0.424. The first-order valence-corrected chi connectivity index (χ1v) is 6.66. The Morgan fingerprint density at radius 2 is 1.86 bits per heavy atom. The van der Waals surface area contributed by atoms with Crippen molar-refractivity contribution in [3.63, 3.8) is 0 Å². The molecule has 0 bridgehead atoms. The quantitative estimate of drug-likeness (QED) is 0.772. The monoisotopic (exact) mass is 277 g/mol. The number of aromatic nitrogens is 2. The van der Waals surface area contributed by atoms with Crippen LogP contribution >= 0.6 is 0 Å². The molecule has 0 spiro atoms. The van der Waals surface area contributed by atoms with Gasteiger partial charge in [0.15, 0.2) is 0 Å². The van der Waals surface area contributed by atoms with Crippen LogP contribution in [0.15, 0.2) is 55.0 Å². The number of rotatable bonds is 3. The van der Waals surface area contributed by atoms with Gasteiger partial charge in [0, 0.05) is 35.3 Å². The van der Waals surface area contributed by atoms with Gasteiger partial charge in [0.05, 0.1) is 5.69 Å². The molecule has 4 nitrogen and oxygen atoms in total. The van der Waals surface area contributed by atoms with Crippen molar-refractivity contribution in [2.75, 3.05) is 0 Å². The summed E-state index contributed by atoms with van der Waals surface area (Å²) in [6.45, 7) is 2.01. The predicted molar refractivity (Wildman–Crippen MR) is 82.7 cm³/mol. The standard InChI is InChI=1S/C17H15N3O/c1-11-10-20-16(12-6-8-19-9-7-12)15(11)13-4-2-3-5-14(13)17(18)21/h2-10,20H,1H3,(H2,18,21). The van der Waals surface area contributed by atoms with Gasteiger partial charge in [-0.15, -0.1) is 0 Å². The van der Waals surface area contributed by atoms with E-state index in [4.69, 9.17) is 5.73 Å². The molecule has 0 aliphatic rings. The fourth-order valence-corrected chi connectivity index (χ4v) is 2.53. The molecular formula is C17H15N3O. The van der Waals surface area contributed by atoms with E-state index in [0.717, 1.165) is 27.9 Å². The minimum absolute atomic E-state index is 0.424. The summed E-state index contributed by atoms with van der Waals surface area (Å²) in [6.07, 6.45) is 5.42. The first-order chi connectivity index (χ1) is 10.2. The van der Waals surface area contributed by atoms with Crippen LogP contribution in [-0.4, -0.2) is 15.9 Å². The average Bonchev–Trinajstić information content (AvgIpc) is 2.89. The fraction of sp³-hybridized carbons (Fsp3) is 0.0588. The normalized spacial score (nSPS) is 10.5. The number of aromatic amines is 1. The van der Waals surface area contributed by atoms with E-state index in [0.29, 0.717) is 5.56 Å². The van der Waals surface area contributed by atoms with Crippen molar-refractivity contribution in [3.8, 4) is 22.4 Å². The zero-order chi connectivity index (χ0) is 14.8. The van der Waals surface area contributed by atoms with E-state index in [9.17, 15) is 4.79 Å². The number of nitrogens with one attached hydrogen (secondary N) is 1. The summed E-state index contributed by atoms with van der Waals surface area (Å²) in [5.41, 5.74) is 10.9. The number of carbonyl (C=O) groups excluding carboxylic acids is 1. The Kier molecular flexibility index (Phi) is 3.28. The number of H-pyrrole nitrogens is 1. The number of amides is 1. The van der Waals surface area contributed by atoms with Crippen molar-refractivity contribution < 1.29 is 4.79 Å². The smallest absolute Gasteiger partial charge is 0.249 e. The van der Waals surface area contributed by atoms with E-state index in [1.165, 1.54) is 0 Å². The Morgan fingerprint density at radius 3 is 2.57 bits per heavy atom. The lowest BCUT2D eigenvalue weighted by molar-refractivity contribution is 0.100. The Bertz CT molecular complexity index is 791. The molecule has 2 aromatic heterocycles. The van der Waals surface area contributed by atoms with Crippen LogP contribution in [0, 0.1) is 6.92 Å². The summed E-state index contributed by atoms with van der Waals surface area (Å²) in [5, 5.41) is 0. The van der Waals surface area contributed by atoms with Gasteiger partial charge in [0.2, 0.25) is 5.91 Å². The molecule has 1 aromatic carbocycles. The topological polar surface area (TPSA) is 71.8 Å². The molecule has 0 aliphatic heterocycles. The third-order valence-electron chi connectivity index (χ3n) is 3.51. The third-order valence-corrected chi connectivity index (χ3v) is 3.51. The molecular weight excluding hydrogens is 262 g/mol. The van der Waals surface area contributed by atoms with Gasteiger partial charge in [-0.1, -0.05) is 18.2 Å². The summed E-state index contributed by atoms with van der Waals surface area (Å²) in [6, 6.07) is 11.3. The second-order valence-corrected chi connectivity index (χ2v) is 4.87. The summed E-state index contributed by atoms with van der Waals surface area (Å²) in [4.78, 5) is 19.0. The summed E-state index contributed by atoms with van der Waals surface area (Å²) in [7, 11) is 0. The van der Waals surface area contributed by atoms with Crippen LogP contribution in [-0.2, 0) is 0 Å². The van der Waals surface area contributed by atoms with Gasteiger partial charge in [-0.05, 0) is 36.2 Å². The van der Waals surface area contributed by atoms with Gasteiger partial charge < -0.3 is 10.7 Å². The number of primary amides is 1. The van der Waals surface area contributed by atoms with Gasteiger partial charge in [0.25, 0.3) is 0 Å². The first kappa shape index (κ1) is 13.1. The molecule has 0 fully saturated rings. The van der Waals surface area contributed by atoms with Crippen LogP contribution in [0.25, 0.3) is 22.4 Å². The van der Waals surface area contributed by atoms with Crippen LogP contribution in [0.1, 0.15) is 15.9 Å². The number of aryl methyl sites for hydroxylation is 1. The molecule has 3 rings (SSSR count). The maximum Gasteiger partial charge on any atom is 0.249 e. The molecule has 104 valence electrons. The number of pyridine rings is 1. The maximum absolute atomic E-state index is 11.7. The summed E-state index contributed by atoms with van der Waals surface area (Å²) < 4.78 is 0. The molecule has 0 atom stereocenters. The number of nitrogens with zero attached hydrogens (tertiary/aromatic N) is 1. The Morgan fingerprint density at radius 1 is 1.14 bits per heavy atom. The summed E-state index contributed by atoms with van der Waals surface area (Å²) >= 11 is 0. The highest BCUT2D eigenvalue weighted by Crippen LogP contribution is 2.35. The van der Waals surface area contributed by atoms with Crippen molar-refractivity contribution >= 4 is 5.91 Å². The molecule has 3 N–H and O–H groups in total. The lowest BCUT2D eigenvalue weighted by Gasteiger charge is -2.10. The Hall–Kier alpha value is -2.88. The van der Waals surface area contributed by atoms with Gasteiger partial charge in [-0.2, -0.15) is 0 Å². The zero-order valence-electron chi connectivity index (χ0n) is 11.6. The van der Waals surface area contributed by atoms with Crippen LogP contribution in [0.4, 0.5) is 0 Å². The molecule has 1 amide bonds. The van der Waals surface area contributed by atoms with Gasteiger partial charge in [-0.25, -0.2) is 0 Å². The number of carbonyl (C=O) groups is 1. The lowest BCUT2D eigenvalue weighted by Crippen LogP contribution is -2.12. The average molecular weight is 277 g/mol. The van der Waals surface area contributed by atoms with Crippen LogP contribution in [0.2, 0.25) is 0 Å². The first-order valence-electron chi connectivity index (χ1n) is 6.66. The lowest BCUT2D eigenvalue weighted by atomic mass is 9.94. The van der Waals surface area contributed by atoms with E-state index in [1.807, 2.05) is 43.5 Å². The maximum atomic E-state index is 11.7. The van der Waals surface area contributed by atoms with Gasteiger partial charge >= 0.3 is 0 Å². The molecule has 0 saturated carbocycles. The van der Waals surface area contributed by atoms with E-state index in [2.05, 4.69) is 9.97 Å². The van der Waals surface area contributed by atoms with Crippen molar-refractivity contribution in [1.82, 2.24) is 9.97 Å². The van der Waals surface area contributed by atoms with E-state index in [1.54, 1.807) is 18.5 Å². The molecule has 3 aromatic rings. The predicted octanol–water partition coefficient (Wildman–Crippen LogP) is 3.15. The number of hydrogen-bond acceptors (Lipinski definition) is 2. The van der Waals surface area contributed by atoms with Gasteiger partial charge in [0.1, 0.15) is 0 Å². The Balaban J connectivity index is 2.25. The molecule has 2 heterocycles. The molecule has 4 heteroatoms. The highest BCUT2D eigenvalue weighted by atomic mass is 16.1. The van der Waals surface area contributed by atoms with Crippen LogP contribution in [0.5, 0.6) is 0 Å². The highest BCUT2D eigenvalue weighted by molar-refractivity contribution is 6.02. The van der Waals surface area contributed by atoms with E-state index >= 15 is 0 Å². The number of nitrogens with two attached hydrogens (primary N) is 1. The van der Waals surface area contributed by atoms with Crippen molar-refractivity contribution in [1.29, 1.82) is 0 Å². The zero-order valence-corrected chi connectivity index (χ0v) is 11.6. The molecule has 0 saturated heterocycles. The second kappa shape index (κ2) is 5.25. The second-order valence-electron chi connectivity index (χ2n) is 4.87. The van der Waals surface area contributed by atoms with Crippen LogP contribution < -0.4 is 5.73 Å². The largest absolute Gasteiger partial charge is 0.366 e. The minimum Gasteiger partial charge on any atom is -0.366 e. The van der Waals surface area contributed by atoms with Gasteiger partial charge in [-0.3, -0.25) is 9.78 Å².